The van der Waals surface area contributed by atoms with E-state index in [-0.39, 0.29) is 38.8 Å². The first-order chi connectivity index (χ1) is 15.2. The molecule has 0 aliphatic carbocycles. The molecule has 3 aromatic carbocycles. The maximum atomic E-state index is 13.8. The van der Waals surface area contributed by atoms with Crippen LogP contribution in [0.2, 0.25) is 5.02 Å². The summed E-state index contributed by atoms with van der Waals surface area (Å²) < 4.78 is 63.4. The van der Waals surface area contributed by atoms with Crippen LogP contribution in [0, 0.1) is 11.6 Å². The number of carbonyl (C=O) groups is 1. The normalized spacial score (nSPS) is 11.5. The quantitative estimate of drug-likeness (QED) is 0.415. The first-order valence-corrected chi connectivity index (χ1v) is 11.6. The number of sulfonamides is 1. The summed E-state index contributed by atoms with van der Waals surface area (Å²) in [7, 11) is -4.15. The third-order valence-electron chi connectivity index (χ3n) is 4.46. The highest BCUT2D eigenvalue weighted by atomic mass is 35.5. The van der Waals surface area contributed by atoms with Gasteiger partial charge in [0, 0.05) is 23.2 Å². The fraction of sp³-hybridized carbons (Fsp3) is 0.0500. The Morgan fingerprint density at radius 1 is 1.06 bits per heavy atom. The zero-order valence-corrected chi connectivity index (χ0v) is 18.4. The summed E-state index contributed by atoms with van der Waals surface area (Å²) in [5.41, 5.74) is 0.575. The Bertz CT molecular complexity index is 1440. The van der Waals surface area contributed by atoms with Crippen molar-refractivity contribution < 1.29 is 22.0 Å². The molecule has 0 saturated heterocycles. The monoisotopic (exact) mass is 494 g/mol. The first-order valence-electron chi connectivity index (χ1n) is 9.00. The lowest BCUT2D eigenvalue weighted by Gasteiger charge is -2.14. The van der Waals surface area contributed by atoms with Gasteiger partial charge in [0.25, 0.3) is 15.9 Å². The third kappa shape index (κ3) is 4.54. The van der Waals surface area contributed by atoms with Crippen LogP contribution in [0.25, 0.3) is 11.0 Å². The highest BCUT2D eigenvalue weighted by molar-refractivity contribution is 7.93. The Hall–Kier alpha value is -3.15. The van der Waals surface area contributed by atoms with Crippen LogP contribution in [0.4, 0.5) is 14.5 Å². The largest absolute Gasteiger partial charge is 0.348 e. The number of amides is 1. The number of halogens is 3. The fourth-order valence-corrected chi connectivity index (χ4v) is 4.94. The standard InChI is InChI=1S/C20H13ClF2N4O3S2/c21-12-5-7-14(20(28)24-10-11-4-6-13(22)9-15(11)23)17(8-12)27-32(29,30)18-3-1-2-16-19(18)26-31-25-16/h1-9,27H,10H2,(H,24,28). The summed E-state index contributed by atoms with van der Waals surface area (Å²) in [5.74, 6) is -2.23. The van der Waals surface area contributed by atoms with Crippen molar-refractivity contribution in [2.75, 3.05) is 4.72 Å². The number of fused-ring (bicyclic) bond motifs is 1. The second-order valence-corrected chi connectivity index (χ2v) is 9.22. The third-order valence-corrected chi connectivity index (χ3v) is 6.64. The smallest absolute Gasteiger partial charge is 0.264 e. The lowest BCUT2D eigenvalue weighted by Crippen LogP contribution is -2.25. The van der Waals surface area contributed by atoms with Crippen LogP contribution >= 0.6 is 23.3 Å². The van der Waals surface area contributed by atoms with Gasteiger partial charge in [0.05, 0.1) is 23.0 Å². The minimum atomic E-state index is -4.15. The van der Waals surface area contributed by atoms with Crippen LogP contribution in [0.1, 0.15) is 15.9 Å². The number of nitrogens with zero attached hydrogens (tertiary/aromatic N) is 2. The number of benzene rings is 3. The molecule has 0 bridgehead atoms. The number of hydrogen-bond acceptors (Lipinski definition) is 6. The van der Waals surface area contributed by atoms with Gasteiger partial charge < -0.3 is 5.32 Å². The number of hydrogen-bond donors (Lipinski definition) is 2. The van der Waals surface area contributed by atoms with Gasteiger partial charge in [-0.3, -0.25) is 9.52 Å². The minimum absolute atomic E-state index is 0.0379. The summed E-state index contributed by atoms with van der Waals surface area (Å²) in [5, 5.41) is 2.68. The summed E-state index contributed by atoms with van der Waals surface area (Å²) in [6.45, 7) is -0.233. The molecule has 0 aliphatic heterocycles. The van der Waals surface area contributed by atoms with Crippen molar-refractivity contribution in [2.45, 2.75) is 11.4 Å². The average molecular weight is 495 g/mol. The van der Waals surface area contributed by atoms with Crippen molar-refractivity contribution in [3.63, 3.8) is 0 Å². The molecule has 0 unspecified atom stereocenters. The Morgan fingerprint density at radius 2 is 1.88 bits per heavy atom. The maximum Gasteiger partial charge on any atom is 0.264 e. The molecule has 0 aliphatic rings. The molecule has 0 fully saturated rings. The average Bonchev–Trinajstić information content (AvgIpc) is 3.21. The molecule has 12 heteroatoms. The number of rotatable bonds is 6. The Morgan fingerprint density at radius 3 is 2.66 bits per heavy atom. The molecule has 164 valence electrons. The van der Waals surface area contributed by atoms with E-state index in [0.29, 0.717) is 11.6 Å². The summed E-state index contributed by atoms with van der Waals surface area (Å²) in [6.07, 6.45) is 0. The predicted octanol–water partition coefficient (Wildman–Crippen LogP) is 4.35. The molecule has 4 rings (SSSR count). The number of aromatic nitrogens is 2. The molecule has 1 amide bonds. The van der Waals surface area contributed by atoms with Gasteiger partial charge in [-0.2, -0.15) is 8.75 Å². The molecular weight excluding hydrogens is 482 g/mol. The minimum Gasteiger partial charge on any atom is -0.348 e. The van der Waals surface area contributed by atoms with Gasteiger partial charge in [0.1, 0.15) is 27.6 Å². The van der Waals surface area contributed by atoms with Gasteiger partial charge in [0.2, 0.25) is 0 Å². The van der Waals surface area contributed by atoms with Crippen LogP contribution < -0.4 is 10.0 Å². The van der Waals surface area contributed by atoms with E-state index in [4.69, 9.17) is 11.6 Å². The second kappa shape index (κ2) is 8.77. The zero-order valence-electron chi connectivity index (χ0n) is 16.0. The van der Waals surface area contributed by atoms with Crippen LogP contribution in [0.3, 0.4) is 0 Å². The molecular formula is C20H13ClF2N4O3S2. The van der Waals surface area contributed by atoms with Gasteiger partial charge in [-0.1, -0.05) is 23.7 Å². The van der Waals surface area contributed by atoms with E-state index >= 15 is 0 Å². The van der Waals surface area contributed by atoms with Crippen molar-refractivity contribution in [3.8, 4) is 0 Å². The molecule has 0 atom stereocenters. The van der Waals surface area contributed by atoms with Crippen LogP contribution in [0.15, 0.2) is 59.5 Å². The SMILES string of the molecule is O=C(NCc1ccc(F)cc1F)c1ccc(Cl)cc1NS(=O)(=O)c1cccc2nsnc12. The van der Waals surface area contributed by atoms with E-state index in [9.17, 15) is 22.0 Å². The number of nitrogens with one attached hydrogen (secondary N) is 2. The molecule has 0 spiro atoms. The van der Waals surface area contributed by atoms with E-state index < -0.39 is 27.6 Å². The van der Waals surface area contributed by atoms with Crippen molar-refractivity contribution in [2.24, 2.45) is 0 Å². The zero-order chi connectivity index (χ0) is 22.9. The number of anilines is 1. The first kappa shape index (κ1) is 22.1. The fourth-order valence-electron chi connectivity index (χ4n) is 2.93. The van der Waals surface area contributed by atoms with Crippen molar-refractivity contribution >= 4 is 56.0 Å². The van der Waals surface area contributed by atoms with Crippen LogP contribution in [0.5, 0.6) is 0 Å². The van der Waals surface area contributed by atoms with Gasteiger partial charge in [0.15, 0.2) is 0 Å². The molecule has 0 radical (unpaired) electrons. The molecule has 32 heavy (non-hydrogen) atoms. The predicted molar refractivity (Wildman–Crippen MR) is 117 cm³/mol. The van der Waals surface area contributed by atoms with E-state index in [1.165, 1.54) is 36.4 Å². The summed E-state index contributed by atoms with van der Waals surface area (Å²) in [4.78, 5) is 12.6. The van der Waals surface area contributed by atoms with E-state index in [2.05, 4.69) is 18.8 Å². The van der Waals surface area contributed by atoms with Crippen LogP contribution in [-0.4, -0.2) is 23.1 Å². The van der Waals surface area contributed by atoms with Gasteiger partial charge in [-0.15, -0.1) is 0 Å². The summed E-state index contributed by atoms with van der Waals surface area (Å²) in [6, 6.07) is 11.5. The highest BCUT2D eigenvalue weighted by Crippen LogP contribution is 2.27. The molecule has 1 heterocycles. The molecule has 0 saturated carbocycles. The van der Waals surface area contributed by atoms with E-state index in [0.717, 1.165) is 17.8 Å². The van der Waals surface area contributed by atoms with Crippen molar-refractivity contribution in [1.29, 1.82) is 0 Å². The molecule has 7 nitrogen and oxygen atoms in total. The Kier molecular flexibility index (Phi) is 6.04. The maximum absolute atomic E-state index is 13.8. The van der Waals surface area contributed by atoms with E-state index in [1.54, 1.807) is 6.07 Å². The van der Waals surface area contributed by atoms with E-state index in [1.807, 2.05) is 0 Å². The Labute approximate surface area is 190 Å². The molecule has 2 N–H and O–H groups in total. The highest BCUT2D eigenvalue weighted by Gasteiger charge is 2.23. The summed E-state index contributed by atoms with van der Waals surface area (Å²) >= 11 is 6.89. The molecule has 4 aromatic rings. The van der Waals surface area contributed by atoms with Gasteiger partial charge in [-0.25, -0.2) is 17.2 Å². The lowest BCUT2D eigenvalue weighted by atomic mass is 10.1. The molecule has 1 aromatic heterocycles. The van der Waals surface area contributed by atoms with Crippen molar-refractivity contribution in [3.05, 3.63) is 82.4 Å². The lowest BCUT2D eigenvalue weighted by molar-refractivity contribution is 0.0951. The topological polar surface area (TPSA) is 101 Å². The van der Waals surface area contributed by atoms with Gasteiger partial charge in [-0.05, 0) is 36.4 Å². The van der Waals surface area contributed by atoms with Gasteiger partial charge >= 0.3 is 0 Å². The van der Waals surface area contributed by atoms with Crippen LogP contribution in [-0.2, 0) is 16.6 Å². The second-order valence-electron chi connectivity index (χ2n) is 6.60. The number of carbonyl (C=O) groups excluding carboxylic acids is 1. The van der Waals surface area contributed by atoms with Crippen molar-refractivity contribution in [1.82, 2.24) is 14.1 Å². The Balaban J connectivity index is 1.62.